The summed E-state index contributed by atoms with van der Waals surface area (Å²) in [6.45, 7) is 0. The van der Waals surface area contributed by atoms with E-state index in [9.17, 15) is 0 Å². The number of furan rings is 1. The van der Waals surface area contributed by atoms with Crippen LogP contribution in [0.1, 0.15) is 0 Å². The monoisotopic (exact) mass is 846 g/mol. The summed E-state index contributed by atoms with van der Waals surface area (Å²) in [5.41, 5.74) is 9.76. The summed E-state index contributed by atoms with van der Waals surface area (Å²) in [6, 6.07) is 73.3. The minimum atomic E-state index is 0.557. The molecule has 0 atom stereocenters. The molecule has 0 fully saturated rings. The van der Waals surface area contributed by atoms with Crippen molar-refractivity contribution < 1.29 is 4.42 Å². The first kappa shape index (κ1) is 36.1. The lowest BCUT2D eigenvalue weighted by molar-refractivity contribution is 0.669. The van der Waals surface area contributed by atoms with E-state index in [1.807, 2.05) is 18.2 Å². The minimum absolute atomic E-state index is 0.557. The molecule has 0 saturated carbocycles. The number of nitrogens with zero attached hydrogens (tertiary/aromatic N) is 4. The highest BCUT2D eigenvalue weighted by molar-refractivity contribution is 7.25. The Morgan fingerprint density at radius 2 is 1.02 bits per heavy atom. The lowest BCUT2D eigenvalue weighted by Crippen LogP contribution is -2.04. The largest absolute Gasteiger partial charge is 0.456 e. The van der Waals surface area contributed by atoms with Gasteiger partial charge in [-0.25, -0.2) is 15.0 Å². The van der Waals surface area contributed by atoms with E-state index in [0.29, 0.717) is 17.5 Å². The van der Waals surface area contributed by atoms with E-state index in [2.05, 4.69) is 193 Å². The van der Waals surface area contributed by atoms with Crippen LogP contribution in [0, 0.1) is 0 Å². The first-order chi connectivity index (χ1) is 32.2. The van der Waals surface area contributed by atoms with Gasteiger partial charge in [0.2, 0.25) is 0 Å². The van der Waals surface area contributed by atoms with Crippen LogP contribution in [-0.4, -0.2) is 19.5 Å². The van der Waals surface area contributed by atoms with Gasteiger partial charge in [-0.3, -0.25) is 0 Å². The number of rotatable bonds is 5. The average Bonchev–Trinajstić information content (AvgIpc) is 4.04. The third-order valence-electron chi connectivity index (χ3n) is 13.0. The summed E-state index contributed by atoms with van der Waals surface area (Å²) in [5, 5.41) is 11.5. The quantitative estimate of drug-likeness (QED) is 0.173. The van der Waals surface area contributed by atoms with Crippen LogP contribution in [0.5, 0.6) is 0 Å². The molecule has 0 N–H and O–H groups in total. The number of benzene rings is 10. The third-order valence-corrected chi connectivity index (χ3v) is 14.2. The Morgan fingerprint density at radius 1 is 0.369 bits per heavy atom. The lowest BCUT2D eigenvalue weighted by Gasteiger charge is -2.16. The second-order valence-corrected chi connectivity index (χ2v) is 17.8. The van der Waals surface area contributed by atoms with Gasteiger partial charge in [0.05, 0.1) is 16.7 Å². The lowest BCUT2D eigenvalue weighted by atomic mass is 10.0. The van der Waals surface area contributed by atoms with Crippen molar-refractivity contribution in [3.8, 4) is 51.0 Å². The molecule has 0 spiro atoms. The number of aromatic nitrogens is 4. The van der Waals surface area contributed by atoms with Crippen molar-refractivity contribution in [1.29, 1.82) is 0 Å². The predicted octanol–water partition coefficient (Wildman–Crippen LogP) is 16.2. The molecule has 0 saturated heterocycles. The number of hydrogen-bond acceptors (Lipinski definition) is 5. The summed E-state index contributed by atoms with van der Waals surface area (Å²) in [4.78, 5) is 16.3. The van der Waals surface area contributed by atoms with Gasteiger partial charge in [0, 0.05) is 63.8 Å². The second-order valence-electron chi connectivity index (χ2n) is 16.7. The zero-order chi connectivity index (χ0) is 42.6. The molecule has 0 aliphatic rings. The van der Waals surface area contributed by atoms with Gasteiger partial charge in [-0.05, 0) is 69.8 Å². The van der Waals surface area contributed by atoms with Gasteiger partial charge >= 0.3 is 0 Å². The van der Waals surface area contributed by atoms with Gasteiger partial charge in [-0.1, -0.05) is 164 Å². The predicted molar refractivity (Wildman–Crippen MR) is 271 cm³/mol. The van der Waals surface area contributed by atoms with Crippen LogP contribution >= 0.6 is 11.3 Å². The Bertz CT molecular complexity index is 4240. The van der Waals surface area contributed by atoms with Gasteiger partial charge < -0.3 is 8.98 Å². The van der Waals surface area contributed by atoms with Crippen LogP contribution in [0.3, 0.4) is 0 Å². The number of para-hydroxylation sites is 1. The maximum atomic E-state index is 6.69. The molecule has 302 valence electrons. The summed E-state index contributed by atoms with van der Waals surface area (Å²) < 4.78 is 11.6. The number of hydrogen-bond donors (Lipinski definition) is 0. The highest BCUT2D eigenvalue weighted by Gasteiger charge is 2.24. The number of thiophene rings is 1. The average molecular weight is 847 g/mol. The highest BCUT2D eigenvalue weighted by atomic mass is 32.1. The first-order valence-electron chi connectivity index (χ1n) is 21.8. The van der Waals surface area contributed by atoms with Crippen molar-refractivity contribution in [2.24, 2.45) is 0 Å². The molecule has 5 nitrogen and oxygen atoms in total. The summed E-state index contributed by atoms with van der Waals surface area (Å²) >= 11 is 1.79. The zero-order valence-electron chi connectivity index (χ0n) is 34.7. The molecule has 0 amide bonds. The fourth-order valence-electron chi connectivity index (χ4n) is 9.99. The normalized spacial score (nSPS) is 12.0. The van der Waals surface area contributed by atoms with E-state index in [0.717, 1.165) is 71.9 Å². The molecule has 0 aliphatic heterocycles. The fraction of sp³-hybridized carbons (Fsp3) is 0. The zero-order valence-corrected chi connectivity index (χ0v) is 35.6. The summed E-state index contributed by atoms with van der Waals surface area (Å²) in [6.07, 6.45) is 0. The number of fused-ring (bicyclic) bond motifs is 12. The SMILES string of the molecule is c1ccc(-c2ccc(-c3nc(-c4cc5oc6ccccc6c5cc4-n4c5cc6ccccc6cc5c5ccc6ccccc6c54)nc(-c4cccc5sc6ccccc6c45)n3)cc2)cc1. The van der Waals surface area contributed by atoms with Crippen LogP contribution in [0.25, 0.3) is 136 Å². The van der Waals surface area contributed by atoms with E-state index in [4.69, 9.17) is 19.4 Å². The molecule has 0 unspecified atom stereocenters. The van der Waals surface area contributed by atoms with Gasteiger partial charge in [-0.2, -0.15) is 0 Å². The van der Waals surface area contributed by atoms with Crippen molar-refractivity contribution in [2.75, 3.05) is 0 Å². The topological polar surface area (TPSA) is 56.7 Å². The Hall–Kier alpha value is -8.45. The van der Waals surface area contributed by atoms with E-state index < -0.39 is 0 Å². The third kappa shape index (κ3) is 5.61. The smallest absolute Gasteiger partial charge is 0.166 e. The molecule has 14 rings (SSSR count). The van der Waals surface area contributed by atoms with Gasteiger partial charge in [-0.15, -0.1) is 11.3 Å². The van der Waals surface area contributed by atoms with Gasteiger partial charge in [0.25, 0.3) is 0 Å². The van der Waals surface area contributed by atoms with Gasteiger partial charge in [0.15, 0.2) is 17.5 Å². The molecule has 14 aromatic rings. The maximum absolute atomic E-state index is 6.69. The molecule has 65 heavy (non-hydrogen) atoms. The minimum Gasteiger partial charge on any atom is -0.456 e. The Balaban J connectivity index is 1.11. The fourth-order valence-corrected chi connectivity index (χ4v) is 11.1. The van der Waals surface area contributed by atoms with Crippen LogP contribution in [-0.2, 0) is 0 Å². The van der Waals surface area contributed by atoms with Crippen LogP contribution in [0.2, 0.25) is 0 Å². The van der Waals surface area contributed by atoms with E-state index in [-0.39, 0.29) is 0 Å². The molecule has 0 radical (unpaired) electrons. The van der Waals surface area contributed by atoms with Crippen LogP contribution in [0.15, 0.2) is 211 Å². The standard InChI is InChI=1S/C59H34N4OS/c1-2-13-35(14-3-1)36-25-27-38(28-26-36)57-60-58(45-21-12-24-54-55(45)44-20-9-11-23-53(44)65-54)62-59(61-57)48-34-52-47(42-19-8-10-22-51(42)64-52)33-50(48)63-49-32-40-17-5-4-16-39(40)31-46(49)43-30-29-37-15-6-7-18-41(37)56(43)63/h1-34H. The van der Waals surface area contributed by atoms with Crippen LogP contribution in [0.4, 0.5) is 0 Å². The Morgan fingerprint density at radius 3 is 1.86 bits per heavy atom. The van der Waals surface area contributed by atoms with Crippen molar-refractivity contribution >= 4 is 96.8 Å². The summed E-state index contributed by atoms with van der Waals surface area (Å²) in [7, 11) is 0. The molecular formula is C59H34N4OS. The van der Waals surface area contributed by atoms with Crippen LogP contribution < -0.4 is 0 Å². The Labute approximate surface area is 376 Å². The van der Waals surface area contributed by atoms with Crippen molar-refractivity contribution in [2.45, 2.75) is 0 Å². The first-order valence-corrected chi connectivity index (χ1v) is 22.7. The Kier molecular flexibility index (Phi) is 7.79. The molecule has 0 aliphatic carbocycles. The van der Waals surface area contributed by atoms with E-state index >= 15 is 0 Å². The van der Waals surface area contributed by atoms with Crippen molar-refractivity contribution in [3.05, 3.63) is 206 Å². The van der Waals surface area contributed by atoms with Gasteiger partial charge in [0.1, 0.15) is 11.2 Å². The van der Waals surface area contributed by atoms with E-state index in [1.54, 1.807) is 11.3 Å². The molecular weight excluding hydrogens is 813 g/mol. The molecule has 4 aromatic heterocycles. The molecule has 4 heterocycles. The molecule has 10 aromatic carbocycles. The molecule has 6 heteroatoms. The summed E-state index contributed by atoms with van der Waals surface area (Å²) in [5.74, 6) is 1.76. The second kappa shape index (κ2) is 14.0. The highest BCUT2D eigenvalue weighted by Crippen LogP contribution is 2.45. The maximum Gasteiger partial charge on any atom is 0.166 e. The van der Waals surface area contributed by atoms with E-state index in [1.165, 1.54) is 47.1 Å². The van der Waals surface area contributed by atoms with Crippen molar-refractivity contribution in [1.82, 2.24) is 19.5 Å². The van der Waals surface area contributed by atoms with Crippen molar-refractivity contribution in [3.63, 3.8) is 0 Å². The molecule has 0 bridgehead atoms.